The zero-order valence-electron chi connectivity index (χ0n) is 11.0. The van der Waals surface area contributed by atoms with E-state index in [1.54, 1.807) is 18.2 Å². The van der Waals surface area contributed by atoms with Crippen LogP contribution in [0.4, 0.5) is 0 Å². The highest BCUT2D eigenvalue weighted by molar-refractivity contribution is 6.36. The number of benzene rings is 1. The molecule has 1 amide bonds. The van der Waals surface area contributed by atoms with Gasteiger partial charge in [-0.15, -0.1) is 12.4 Å². The number of nitrogens with zero attached hydrogens (tertiary/aromatic N) is 1. The third-order valence-corrected chi connectivity index (χ3v) is 4.77. The molecule has 0 bridgehead atoms. The number of nitrogens with one attached hydrogen (secondary N) is 1. The molecule has 110 valence electrons. The van der Waals surface area contributed by atoms with E-state index >= 15 is 0 Å². The van der Waals surface area contributed by atoms with E-state index in [1.807, 2.05) is 4.90 Å². The summed E-state index contributed by atoms with van der Waals surface area (Å²) in [5.41, 5.74) is 0.836. The summed E-state index contributed by atoms with van der Waals surface area (Å²) in [6, 6.07) is 5.05. The number of carbonyl (C=O) groups excluding carboxylic acids is 1. The van der Waals surface area contributed by atoms with Crippen molar-refractivity contribution in [3.63, 3.8) is 0 Å². The van der Waals surface area contributed by atoms with Gasteiger partial charge in [0.05, 0.1) is 10.6 Å². The van der Waals surface area contributed by atoms with Crippen molar-refractivity contribution in [3.05, 3.63) is 33.8 Å². The molecule has 2 aliphatic rings. The molecule has 3 rings (SSSR count). The van der Waals surface area contributed by atoms with Crippen LogP contribution in [-0.2, 0) is 0 Å². The van der Waals surface area contributed by atoms with Gasteiger partial charge in [-0.1, -0.05) is 23.2 Å². The lowest BCUT2D eigenvalue weighted by Crippen LogP contribution is -2.33. The molecule has 1 atom stereocenters. The first-order valence-electron chi connectivity index (χ1n) is 6.55. The minimum Gasteiger partial charge on any atom is -0.338 e. The molecular formula is C14H17Cl3N2O. The summed E-state index contributed by atoms with van der Waals surface area (Å²) < 4.78 is 0. The van der Waals surface area contributed by atoms with Gasteiger partial charge >= 0.3 is 0 Å². The van der Waals surface area contributed by atoms with Crippen LogP contribution in [0, 0.1) is 5.41 Å². The third-order valence-electron chi connectivity index (χ3n) is 4.22. The smallest absolute Gasteiger partial charge is 0.255 e. The molecule has 0 saturated carbocycles. The Labute approximate surface area is 135 Å². The van der Waals surface area contributed by atoms with Gasteiger partial charge in [-0.05, 0) is 37.6 Å². The van der Waals surface area contributed by atoms with Crippen molar-refractivity contribution in [3.8, 4) is 0 Å². The molecule has 1 unspecified atom stereocenters. The Kier molecular flexibility index (Phi) is 4.85. The molecule has 1 N–H and O–H groups in total. The van der Waals surface area contributed by atoms with E-state index < -0.39 is 0 Å². The summed E-state index contributed by atoms with van der Waals surface area (Å²) in [5.74, 6) is 0.0189. The van der Waals surface area contributed by atoms with Gasteiger partial charge < -0.3 is 10.2 Å². The van der Waals surface area contributed by atoms with Crippen LogP contribution in [0.3, 0.4) is 0 Å². The normalized spacial score (nSPS) is 25.0. The van der Waals surface area contributed by atoms with E-state index in [-0.39, 0.29) is 23.7 Å². The number of hydrogen-bond donors (Lipinski definition) is 1. The summed E-state index contributed by atoms with van der Waals surface area (Å²) in [6.07, 6.45) is 2.24. The lowest BCUT2D eigenvalue weighted by Gasteiger charge is -2.23. The van der Waals surface area contributed by atoms with Gasteiger partial charge in [0.15, 0.2) is 0 Å². The molecule has 2 fully saturated rings. The molecule has 1 aromatic carbocycles. The average molecular weight is 336 g/mol. The fourth-order valence-corrected chi connectivity index (χ4v) is 3.57. The van der Waals surface area contributed by atoms with Gasteiger partial charge in [0.1, 0.15) is 0 Å². The Hall–Kier alpha value is -0.480. The number of amides is 1. The standard InChI is InChI=1S/C14H16Cl2N2O.ClH/c15-10-1-2-11(12(16)7-10)13(19)18-6-4-14(9-18)3-5-17-8-14;/h1-2,7,17H,3-6,8-9H2;1H. The Bertz CT molecular complexity index is 515. The molecule has 2 heterocycles. The second kappa shape index (κ2) is 6.10. The zero-order valence-corrected chi connectivity index (χ0v) is 13.3. The first kappa shape index (κ1) is 15.9. The van der Waals surface area contributed by atoms with Crippen molar-refractivity contribution >= 4 is 41.5 Å². The predicted octanol–water partition coefficient (Wildman–Crippen LogP) is 3.24. The second-order valence-corrected chi connectivity index (χ2v) is 6.37. The highest BCUT2D eigenvalue weighted by atomic mass is 35.5. The van der Waals surface area contributed by atoms with Gasteiger partial charge in [0, 0.05) is 30.1 Å². The number of carbonyl (C=O) groups is 1. The van der Waals surface area contributed by atoms with Crippen molar-refractivity contribution in [1.29, 1.82) is 0 Å². The number of rotatable bonds is 1. The first-order valence-corrected chi connectivity index (χ1v) is 7.30. The van der Waals surface area contributed by atoms with Crippen LogP contribution in [0.5, 0.6) is 0 Å². The molecule has 6 heteroatoms. The zero-order chi connectivity index (χ0) is 13.5. The van der Waals surface area contributed by atoms with Crippen molar-refractivity contribution < 1.29 is 4.79 Å². The van der Waals surface area contributed by atoms with Gasteiger partial charge in [-0.3, -0.25) is 4.79 Å². The van der Waals surface area contributed by atoms with Crippen LogP contribution >= 0.6 is 35.6 Å². The maximum absolute atomic E-state index is 12.5. The molecule has 0 radical (unpaired) electrons. The molecule has 2 saturated heterocycles. The molecule has 20 heavy (non-hydrogen) atoms. The quantitative estimate of drug-likeness (QED) is 0.854. The summed E-state index contributed by atoms with van der Waals surface area (Å²) in [5, 5.41) is 4.38. The summed E-state index contributed by atoms with van der Waals surface area (Å²) in [6.45, 7) is 3.73. The van der Waals surface area contributed by atoms with E-state index in [0.717, 1.165) is 39.0 Å². The van der Waals surface area contributed by atoms with Crippen LogP contribution in [-0.4, -0.2) is 37.0 Å². The van der Waals surface area contributed by atoms with Crippen molar-refractivity contribution in [2.24, 2.45) is 5.41 Å². The summed E-state index contributed by atoms with van der Waals surface area (Å²) in [4.78, 5) is 14.4. The number of hydrogen-bond acceptors (Lipinski definition) is 2. The largest absolute Gasteiger partial charge is 0.338 e. The van der Waals surface area contributed by atoms with E-state index in [1.165, 1.54) is 0 Å². The fraction of sp³-hybridized carbons (Fsp3) is 0.500. The summed E-state index contributed by atoms with van der Waals surface area (Å²) in [7, 11) is 0. The van der Waals surface area contributed by atoms with Crippen molar-refractivity contribution in [1.82, 2.24) is 10.2 Å². The number of halogens is 3. The molecule has 1 aromatic rings. The monoisotopic (exact) mass is 334 g/mol. The van der Waals surface area contributed by atoms with E-state index in [9.17, 15) is 4.79 Å². The minimum atomic E-state index is 0. The van der Waals surface area contributed by atoms with Crippen LogP contribution in [0.1, 0.15) is 23.2 Å². The minimum absolute atomic E-state index is 0. The second-order valence-electron chi connectivity index (χ2n) is 5.53. The Morgan fingerprint density at radius 2 is 2.10 bits per heavy atom. The maximum atomic E-state index is 12.5. The third kappa shape index (κ3) is 2.91. The molecule has 0 aliphatic carbocycles. The lowest BCUT2D eigenvalue weighted by atomic mass is 9.86. The highest BCUT2D eigenvalue weighted by Gasteiger charge is 2.42. The average Bonchev–Trinajstić information content (AvgIpc) is 3.00. The molecule has 0 aromatic heterocycles. The van der Waals surface area contributed by atoms with Crippen LogP contribution in [0.15, 0.2) is 18.2 Å². The Balaban J connectivity index is 0.00000147. The van der Waals surface area contributed by atoms with E-state index in [2.05, 4.69) is 5.32 Å². The van der Waals surface area contributed by atoms with Gasteiger partial charge in [0.25, 0.3) is 5.91 Å². The van der Waals surface area contributed by atoms with Crippen LogP contribution in [0.25, 0.3) is 0 Å². The van der Waals surface area contributed by atoms with Crippen LogP contribution in [0.2, 0.25) is 10.0 Å². The van der Waals surface area contributed by atoms with Gasteiger partial charge in [-0.25, -0.2) is 0 Å². The van der Waals surface area contributed by atoms with Gasteiger partial charge in [0.2, 0.25) is 0 Å². The fourth-order valence-electron chi connectivity index (χ4n) is 3.09. The van der Waals surface area contributed by atoms with Crippen molar-refractivity contribution in [2.45, 2.75) is 12.8 Å². The SMILES string of the molecule is Cl.O=C(c1ccc(Cl)cc1Cl)N1CCC2(CCNC2)C1. The lowest BCUT2D eigenvalue weighted by molar-refractivity contribution is 0.0776. The highest BCUT2D eigenvalue weighted by Crippen LogP contribution is 2.37. The first-order chi connectivity index (χ1) is 9.10. The topological polar surface area (TPSA) is 32.3 Å². The van der Waals surface area contributed by atoms with Crippen molar-refractivity contribution in [2.75, 3.05) is 26.2 Å². The molecule has 1 spiro atoms. The number of likely N-dealkylation sites (tertiary alicyclic amines) is 1. The maximum Gasteiger partial charge on any atom is 0.255 e. The van der Waals surface area contributed by atoms with Crippen LogP contribution < -0.4 is 5.32 Å². The molecular weight excluding hydrogens is 319 g/mol. The summed E-state index contributed by atoms with van der Waals surface area (Å²) >= 11 is 12.0. The Morgan fingerprint density at radius 3 is 2.75 bits per heavy atom. The van der Waals surface area contributed by atoms with E-state index in [4.69, 9.17) is 23.2 Å². The molecule has 2 aliphatic heterocycles. The predicted molar refractivity (Wildman–Crippen MR) is 84.2 cm³/mol. The Morgan fingerprint density at radius 1 is 1.30 bits per heavy atom. The van der Waals surface area contributed by atoms with Gasteiger partial charge in [-0.2, -0.15) is 0 Å². The van der Waals surface area contributed by atoms with E-state index in [0.29, 0.717) is 15.6 Å². The molecule has 3 nitrogen and oxygen atoms in total.